The normalized spacial score (nSPS) is 11.2. The van der Waals surface area contributed by atoms with Crippen LogP contribution in [0.15, 0.2) is 36.4 Å². The molecule has 102 valence electrons. The van der Waals surface area contributed by atoms with Gasteiger partial charge in [-0.2, -0.15) is 0 Å². The van der Waals surface area contributed by atoms with Crippen LogP contribution in [0, 0.1) is 12.7 Å². The van der Waals surface area contributed by atoms with Gasteiger partial charge in [0.15, 0.2) is 0 Å². The number of anilines is 1. The third-order valence-electron chi connectivity index (χ3n) is 3.55. The summed E-state index contributed by atoms with van der Waals surface area (Å²) < 4.78 is 15.4. The zero-order valence-electron chi connectivity index (χ0n) is 11.5. The van der Waals surface area contributed by atoms with Crippen LogP contribution >= 0.6 is 0 Å². The molecule has 1 aromatic heterocycles. The van der Waals surface area contributed by atoms with Crippen LogP contribution in [-0.2, 0) is 6.54 Å². The summed E-state index contributed by atoms with van der Waals surface area (Å²) in [5.74, 6) is 0.578. The minimum Gasteiger partial charge on any atom is -0.399 e. The molecule has 3 rings (SSSR count). The van der Waals surface area contributed by atoms with E-state index in [9.17, 15) is 4.39 Å². The molecule has 3 nitrogen and oxygen atoms in total. The molecule has 2 N–H and O–H groups in total. The second-order valence-electron chi connectivity index (χ2n) is 4.88. The SMILES string of the molecule is CCn1c(-c2ccc(N)c(C)c2)nc2cc(F)ccc21. The lowest BCUT2D eigenvalue weighted by atomic mass is 10.1. The van der Waals surface area contributed by atoms with Crippen molar-refractivity contribution in [1.82, 2.24) is 9.55 Å². The summed E-state index contributed by atoms with van der Waals surface area (Å²) in [6.07, 6.45) is 0. The fraction of sp³-hybridized carbons (Fsp3) is 0.188. The molecule has 0 radical (unpaired) electrons. The van der Waals surface area contributed by atoms with Gasteiger partial charge in [-0.05, 0) is 49.7 Å². The van der Waals surface area contributed by atoms with Gasteiger partial charge in [-0.3, -0.25) is 0 Å². The Morgan fingerprint density at radius 1 is 1.20 bits per heavy atom. The van der Waals surface area contributed by atoms with Crippen molar-refractivity contribution in [3.8, 4) is 11.4 Å². The van der Waals surface area contributed by atoms with E-state index >= 15 is 0 Å². The Balaban J connectivity index is 2.26. The summed E-state index contributed by atoms with van der Waals surface area (Å²) in [4.78, 5) is 4.57. The lowest BCUT2D eigenvalue weighted by molar-refractivity contribution is 0.629. The molecule has 3 aromatic rings. The highest BCUT2D eigenvalue weighted by Gasteiger charge is 2.12. The van der Waals surface area contributed by atoms with E-state index in [1.165, 1.54) is 12.1 Å². The molecule has 0 spiro atoms. The summed E-state index contributed by atoms with van der Waals surface area (Å²) >= 11 is 0. The topological polar surface area (TPSA) is 43.8 Å². The van der Waals surface area contributed by atoms with Crippen molar-refractivity contribution >= 4 is 16.7 Å². The molecule has 2 aromatic carbocycles. The highest BCUT2D eigenvalue weighted by atomic mass is 19.1. The van der Waals surface area contributed by atoms with Crippen molar-refractivity contribution < 1.29 is 4.39 Å². The van der Waals surface area contributed by atoms with Gasteiger partial charge < -0.3 is 10.3 Å². The van der Waals surface area contributed by atoms with Gasteiger partial charge in [0.25, 0.3) is 0 Å². The highest BCUT2D eigenvalue weighted by molar-refractivity contribution is 5.81. The first-order chi connectivity index (χ1) is 9.60. The van der Waals surface area contributed by atoms with E-state index in [0.717, 1.165) is 34.7 Å². The van der Waals surface area contributed by atoms with Crippen molar-refractivity contribution in [2.75, 3.05) is 5.73 Å². The van der Waals surface area contributed by atoms with Crippen LogP contribution in [0.4, 0.5) is 10.1 Å². The van der Waals surface area contributed by atoms with Crippen molar-refractivity contribution in [2.24, 2.45) is 0 Å². The van der Waals surface area contributed by atoms with Crippen molar-refractivity contribution in [3.05, 3.63) is 47.8 Å². The minimum absolute atomic E-state index is 0.265. The molecule has 0 bridgehead atoms. The fourth-order valence-corrected chi connectivity index (χ4v) is 2.46. The van der Waals surface area contributed by atoms with Gasteiger partial charge in [-0.1, -0.05) is 0 Å². The minimum atomic E-state index is -0.265. The van der Waals surface area contributed by atoms with Crippen LogP contribution in [-0.4, -0.2) is 9.55 Å². The number of hydrogen-bond acceptors (Lipinski definition) is 2. The number of nitrogens with zero attached hydrogens (tertiary/aromatic N) is 2. The summed E-state index contributed by atoms with van der Waals surface area (Å²) in [5.41, 5.74) is 10.3. The lowest BCUT2D eigenvalue weighted by Crippen LogP contribution is -1.98. The first-order valence-electron chi connectivity index (χ1n) is 6.62. The zero-order valence-corrected chi connectivity index (χ0v) is 11.5. The fourth-order valence-electron chi connectivity index (χ4n) is 2.46. The Morgan fingerprint density at radius 2 is 2.00 bits per heavy atom. The van der Waals surface area contributed by atoms with Crippen LogP contribution in [0.1, 0.15) is 12.5 Å². The first kappa shape index (κ1) is 12.7. The van der Waals surface area contributed by atoms with E-state index in [2.05, 4.69) is 16.5 Å². The maximum Gasteiger partial charge on any atom is 0.141 e. The van der Waals surface area contributed by atoms with Gasteiger partial charge in [-0.15, -0.1) is 0 Å². The standard InChI is InChI=1S/C16H16FN3/c1-3-20-15-7-5-12(17)9-14(15)19-16(20)11-4-6-13(18)10(2)8-11/h4-9H,3,18H2,1-2H3. The second kappa shape index (κ2) is 4.63. The maximum absolute atomic E-state index is 13.3. The molecule has 4 heteroatoms. The number of fused-ring (bicyclic) bond motifs is 1. The molecule has 0 unspecified atom stereocenters. The van der Waals surface area contributed by atoms with E-state index in [1.54, 1.807) is 6.07 Å². The number of nitrogens with two attached hydrogens (primary N) is 1. The number of benzene rings is 2. The maximum atomic E-state index is 13.3. The van der Waals surface area contributed by atoms with Gasteiger partial charge >= 0.3 is 0 Å². The molecular weight excluding hydrogens is 253 g/mol. The van der Waals surface area contributed by atoms with Crippen LogP contribution < -0.4 is 5.73 Å². The highest BCUT2D eigenvalue weighted by Crippen LogP contribution is 2.27. The van der Waals surface area contributed by atoms with E-state index in [0.29, 0.717) is 5.52 Å². The molecular formula is C16H16FN3. The van der Waals surface area contributed by atoms with E-state index in [1.807, 2.05) is 25.1 Å². The van der Waals surface area contributed by atoms with Gasteiger partial charge in [-0.25, -0.2) is 9.37 Å². The average Bonchev–Trinajstić information content (AvgIpc) is 2.79. The molecule has 0 fully saturated rings. The number of nitrogen functional groups attached to an aromatic ring is 1. The molecule has 20 heavy (non-hydrogen) atoms. The number of imidazole rings is 1. The predicted octanol–water partition coefficient (Wildman–Crippen LogP) is 3.75. The monoisotopic (exact) mass is 269 g/mol. The van der Waals surface area contributed by atoms with E-state index < -0.39 is 0 Å². The Kier molecular flexibility index (Phi) is 2.93. The van der Waals surface area contributed by atoms with Crippen LogP contribution in [0.25, 0.3) is 22.4 Å². The summed E-state index contributed by atoms with van der Waals surface area (Å²) in [6, 6.07) is 10.5. The molecule has 1 heterocycles. The predicted molar refractivity (Wildman–Crippen MR) is 80.0 cm³/mol. The molecule has 0 aliphatic heterocycles. The number of hydrogen-bond donors (Lipinski definition) is 1. The van der Waals surface area contributed by atoms with Crippen molar-refractivity contribution in [3.63, 3.8) is 0 Å². The molecule has 0 aliphatic rings. The van der Waals surface area contributed by atoms with Crippen LogP contribution in [0.5, 0.6) is 0 Å². The smallest absolute Gasteiger partial charge is 0.141 e. The first-order valence-corrected chi connectivity index (χ1v) is 6.62. The van der Waals surface area contributed by atoms with Gasteiger partial charge in [0, 0.05) is 23.9 Å². The Labute approximate surface area is 116 Å². The molecule has 0 saturated carbocycles. The molecule has 0 amide bonds. The number of aromatic nitrogens is 2. The van der Waals surface area contributed by atoms with E-state index in [4.69, 9.17) is 5.73 Å². The van der Waals surface area contributed by atoms with Gasteiger partial charge in [0.2, 0.25) is 0 Å². The van der Waals surface area contributed by atoms with Crippen LogP contribution in [0.2, 0.25) is 0 Å². The Morgan fingerprint density at radius 3 is 2.70 bits per heavy atom. The summed E-state index contributed by atoms with van der Waals surface area (Å²) in [6.45, 7) is 4.80. The molecule has 0 atom stereocenters. The third kappa shape index (κ3) is 1.93. The summed E-state index contributed by atoms with van der Waals surface area (Å²) in [7, 11) is 0. The largest absolute Gasteiger partial charge is 0.399 e. The number of aryl methyl sites for hydroxylation is 2. The Bertz CT molecular complexity index is 790. The van der Waals surface area contributed by atoms with Crippen molar-refractivity contribution in [2.45, 2.75) is 20.4 Å². The average molecular weight is 269 g/mol. The summed E-state index contributed by atoms with van der Waals surface area (Å²) in [5, 5.41) is 0. The second-order valence-corrected chi connectivity index (χ2v) is 4.88. The van der Waals surface area contributed by atoms with Gasteiger partial charge in [0.1, 0.15) is 11.6 Å². The van der Waals surface area contributed by atoms with E-state index in [-0.39, 0.29) is 5.82 Å². The van der Waals surface area contributed by atoms with Gasteiger partial charge in [0.05, 0.1) is 11.0 Å². The van der Waals surface area contributed by atoms with Crippen molar-refractivity contribution in [1.29, 1.82) is 0 Å². The number of rotatable bonds is 2. The third-order valence-corrected chi connectivity index (χ3v) is 3.55. The quantitative estimate of drug-likeness (QED) is 0.720. The van der Waals surface area contributed by atoms with Crippen LogP contribution in [0.3, 0.4) is 0 Å². The lowest BCUT2D eigenvalue weighted by Gasteiger charge is -2.08. The zero-order chi connectivity index (χ0) is 14.3. The molecule has 0 saturated heterocycles. The number of halogens is 1. The Hall–Kier alpha value is -2.36. The molecule has 0 aliphatic carbocycles.